The molecule has 5 nitrogen and oxygen atoms in total. The zero-order valence-corrected chi connectivity index (χ0v) is 17.9. The van der Waals surface area contributed by atoms with Crippen molar-refractivity contribution in [2.75, 3.05) is 6.54 Å². The molecule has 1 amide bonds. The van der Waals surface area contributed by atoms with E-state index in [4.69, 9.17) is 9.16 Å². The molecule has 0 aromatic rings. The van der Waals surface area contributed by atoms with E-state index in [-0.39, 0.29) is 18.0 Å². The largest absolute Gasteiger partial charge is 0.444 e. The number of aliphatic hydroxyl groups excluding tert-OH is 1. The third-order valence-corrected chi connectivity index (χ3v) is 9.44. The maximum Gasteiger partial charge on any atom is 0.416 e. The maximum absolute atomic E-state index is 13.2. The summed E-state index contributed by atoms with van der Waals surface area (Å²) in [5.41, 5.74) is -0.844. The van der Waals surface area contributed by atoms with E-state index in [1.54, 1.807) is 20.8 Å². The van der Waals surface area contributed by atoms with Crippen molar-refractivity contribution in [2.45, 2.75) is 96.1 Å². The van der Waals surface area contributed by atoms with E-state index in [1.807, 2.05) is 33.9 Å². The van der Waals surface area contributed by atoms with Gasteiger partial charge in [-0.1, -0.05) is 20.8 Å². The minimum absolute atomic E-state index is 0.0476. The van der Waals surface area contributed by atoms with Gasteiger partial charge in [-0.25, -0.2) is 4.79 Å². The normalized spacial score (nSPS) is 23.9. The van der Waals surface area contributed by atoms with E-state index in [0.29, 0.717) is 0 Å². The van der Waals surface area contributed by atoms with Crippen molar-refractivity contribution in [3.05, 3.63) is 0 Å². The summed E-state index contributed by atoms with van der Waals surface area (Å²) in [6.07, 6.45) is -9.08. The van der Waals surface area contributed by atoms with Crippen molar-refractivity contribution in [1.82, 2.24) is 4.90 Å². The van der Waals surface area contributed by atoms with Gasteiger partial charge < -0.3 is 14.3 Å². The standard InChI is InChI=1S/C17H32F3NO4Si/c1-15(2,3)24-14(23)21-10-9-11(12(21)13(22)17(18,19)20)25-26(7,8)16(4,5)6/h11-13,22H,9-10H2,1-8H3/t11-,12+,13-/m1/s1. The molecule has 0 bridgehead atoms. The minimum Gasteiger partial charge on any atom is -0.444 e. The predicted octanol–water partition coefficient (Wildman–Crippen LogP) is 4.31. The van der Waals surface area contributed by atoms with Crippen LogP contribution in [0.15, 0.2) is 0 Å². The number of rotatable bonds is 3. The summed E-state index contributed by atoms with van der Waals surface area (Å²) in [5, 5.41) is 9.73. The lowest BCUT2D eigenvalue weighted by Crippen LogP contribution is -2.56. The van der Waals surface area contributed by atoms with Gasteiger partial charge in [0.1, 0.15) is 5.60 Å². The molecule has 154 valence electrons. The van der Waals surface area contributed by atoms with Crippen LogP contribution in [0.5, 0.6) is 0 Å². The molecule has 0 radical (unpaired) electrons. The Labute approximate surface area is 155 Å². The fourth-order valence-corrected chi connectivity index (χ4v) is 3.94. The number of halogens is 3. The van der Waals surface area contributed by atoms with Gasteiger partial charge in [-0.15, -0.1) is 0 Å². The van der Waals surface area contributed by atoms with E-state index in [2.05, 4.69) is 0 Å². The SMILES string of the molecule is CC(C)(C)OC(=O)N1CC[C@@H](O[Si](C)(C)C(C)(C)C)[C@H]1[C@@H](O)C(F)(F)F. The quantitative estimate of drug-likeness (QED) is 0.719. The summed E-state index contributed by atoms with van der Waals surface area (Å²) in [4.78, 5) is 13.4. The number of hydrogen-bond donors (Lipinski definition) is 1. The molecular weight excluding hydrogens is 367 g/mol. The molecule has 0 unspecified atom stereocenters. The van der Waals surface area contributed by atoms with Crippen molar-refractivity contribution in [1.29, 1.82) is 0 Å². The number of carbonyl (C=O) groups excluding carboxylic acids is 1. The number of likely N-dealkylation sites (tertiary alicyclic amines) is 1. The fourth-order valence-electron chi connectivity index (χ4n) is 2.57. The van der Waals surface area contributed by atoms with Crippen molar-refractivity contribution in [2.24, 2.45) is 0 Å². The van der Waals surface area contributed by atoms with E-state index in [9.17, 15) is 23.1 Å². The van der Waals surface area contributed by atoms with Gasteiger partial charge in [-0.3, -0.25) is 4.90 Å². The molecule has 0 saturated carbocycles. The molecule has 0 aromatic heterocycles. The van der Waals surface area contributed by atoms with Gasteiger partial charge >= 0.3 is 12.3 Å². The molecule has 9 heteroatoms. The topological polar surface area (TPSA) is 59.0 Å². The summed E-state index contributed by atoms with van der Waals surface area (Å²) >= 11 is 0. The molecule has 1 fully saturated rings. The summed E-state index contributed by atoms with van der Waals surface area (Å²) in [7, 11) is -2.39. The first-order valence-corrected chi connectivity index (χ1v) is 11.7. The molecule has 1 rings (SSSR count). The minimum atomic E-state index is -4.86. The van der Waals surface area contributed by atoms with Gasteiger partial charge in [0.25, 0.3) is 0 Å². The van der Waals surface area contributed by atoms with Crippen LogP contribution in [-0.4, -0.2) is 61.0 Å². The fraction of sp³-hybridized carbons (Fsp3) is 0.941. The summed E-state index contributed by atoms with van der Waals surface area (Å²) in [6, 6.07) is -1.51. The lowest BCUT2D eigenvalue weighted by molar-refractivity contribution is -0.223. The molecule has 1 N–H and O–H groups in total. The highest BCUT2D eigenvalue weighted by molar-refractivity contribution is 6.74. The highest BCUT2D eigenvalue weighted by atomic mass is 28.4. The summed E-state index contributed by atoms with van der Waals surface area (Å²) in [6.45, 7) is 14.8. The van der Waals surface area contributed by atoms with Gasteiger partial charge in [0.15, 0.2) is 14.4 Å². The number of alkyl halides is 3. The Morgan fingerprint density at radius 2 is 1.65 bits per heavy atom. The van der Waals surface area contributed by atoms with Crippen molar-refractivity contribution in [3.8, 4) is 0 Å². The highest BCUT2D eigenvalue weighted by Crippen LogP contribution is 2.41. The van der Waals surface area contributed by atoms with Gasteiger partial charge in [-0.2, -0.15) is 13.2 Å². The monoisotopic (exact) mass is 399 g/mol. The van der Waals surface area contributed by atoms with Crippen LogP contribution in [-0.2, 0) is 9.16 Å². The Balaban J connectivity index is 3.14. The first-order chi connectivity index (χ1) is 11.4. The van der Waals surface area contributed by atoms with Crippen LogP contribution in [0.25, 0.3) is 0 Å². The highest BCUT2D eigenvalue weighted by Gasteiger charge is 2.55. The van der Waals surface area contributed by atoms with Crippen LogP contribution in [0.3, 0.4) is 0 Å². The van der Waals surface area contributed by atoms with E-state index in [0.717, 1.165) is 4.90 Å². The van der Waals surface area contributed by atoms with Gasteiger partial charge in [0.05, 0.1) is 12.1 Å². The second kappa shape index (κ2) is 7.31. The molecule has 1 saturated heterocycles. The van der Waals surface area contributed by atoms with Gasteiger partial charge in [-0.05, 0) is 45.3 Å². The lowest BCUT2D eigenvalue weighted by Gasteiger charge is -2.41. The zero-order chi connectivity index (χ0) is 20.7. The molecule has 0 aromatic carbocycles. The number of nitrogens with zero attached hydrogens (tertiary/aromatic N) is 1. The van der Waals surface area contributed by atoms with Crippen molar-refractivity contribution >= 4 is 14.4 Å². The third-order valence-electron chi connectivity index (χ3n) is 4.93. The number of aliphatic hydroxyl groups is 1. The van der Waals surface area contributed by atoms with E-state index in [1.165, 1.54) is 0 Å². The molecule has 0 spiro atoms. The van der Waals surface area contributed by atoms with Crippen molar-refractivity contribution < 1.29 is 32.2 Å². The van der Waals surface area contributed by atoms with E-state index >= 15 is 0 Å². The van der Waals surface area contributed by atoms with Crippen molar-refractivity contribution in [3.63, 3.8) is 0 Å². The van der Waals surface area contributed by atoms with Crippen LogP contribution in [0.2, 0.25) is 18.1 Å². The Hall–Kier alpha value is -0.803. The number of hydrogen-bond acceptors (Lipinski definition) is 4. The summed E-state index contributed by atoms with van der Waals surface area (Å²) in [5.74, 6) is 0. The Kier molecular flexibility index (Phi) is 6.54. The maximum atomic E-state index is 13.2. The second-order valence-corrected chi connectivity index (χ2v) is 14.1. The number of carbonyl (C=O) groups is 1. The molecular formula is C17H32F3NO4Si. The zero-order valence-electron chi connectivity index (χ0n) is 16.9. The Bertz CT molecular complexity index is 512. The summed E-state index contributed by atoms with van der Waals surface area (Å²) < 4.78 is 51.1. The Morgan fingerprint density at radius 1 is 1.15 bits per heavy atom. The van der Waals surface area contributed by atoms with Crippen LogP contribution < -0.4 is 0 Å². The molecule has 3 atom stereocenters. The Morgan fingerprint density at radius 3 is 2.04 bits per heavy atom. The smallest absolute Gasteiger partial charge is 0.416 e. The molecule has 1 aliphatic rings. The molecule has 1 aliphatic heterocycles. The second-order valence-electron chi connectivity index (χ2n) is 9.36. The molecule has 1 heterocycles. The lowest BCUT2D eigenvalue weighted by atomic mass is 10.1. The predicted molar refractivity (Wildman–Crippen MR) is 95.5 cm³/mol. The van der Waals surface area contributed by atoms with E-state index < -0.39 is 44.4 Å². The number of ether oxygens (including phenoxy) is 1. The van der Waals surface area contributed by atoms with Gasteiger partial charge in [0.2, 0.25) is 0 Å². The third kappa shape index (κ3) is 5.59. The first kappa shape index (κ1) is 23.2. The number of amides is 1. The molecule has 0 aliphatic carbocycles. The van der Waals surface area contributed by atoms with Crippen LogP contribution >= 0.6 is 0 Å². The van der Waals surface area contributed by atoms with Crippen LogP contribution in [0.1, 0.15) is 48.0 Å². The van der Waals surface area contributed by atoms with Crippen LogP contribution in [0, 0.1) is 0 Å². The van der Waals surface area contributed by atoms with Gasteiger partial charge in [0, 0.05) is 6.54 Å². The first-order valence-electron chi connectivity index (χ1n) is 8.79. The average Bonchev–Trinajstić information content (AvgIpc) is 2.76. The average molecular weight is 400 g/mol. The van der Waals surface area contributed by atoms with Crippen LogP contribution in [0.4, 0.5) is 18.0 Å². The molecule has 26 heavy (non-hydrogen) atoms.